The van der Waals surface area contributed by atoms with E-state index in [1.807, 2.05) is 5.38 Å². The van der Waals surface area contributed by atoms with Gasteiger partial charge in [0.2, 0.25) is 0 Å². The molecule has 0 saturated carbocycles. The highest BCUT2D eigenvalue weighted by Gasteiger charge is 2.21. The molecule has 0 saturated heterocycles. The Hall–Kier alpha value is -0.410. The average molecular weight is 395 g/mol. The maximum atomic E-state index is 12.3. The van der Waals surface area contributed by atoms with Gasteiger partial charge in [0, 0.05) is 16.8 Å². The van der Waals surface area contributed by atoms with Crippen LogP contribution in [0, 0.1) is 0 Å². The fourth-order valence-electron chi connectivity index (χ4n) is 1.59. The Morgan fingerprint density at radius 3 is 2.85 bits per heavy atom. The Kier molecular flexibility index (Phi) is 5.62. The molecule has 2 rings (SSSR count). The molecule has 4 nitrogen and oxygen atoms in total. The number of nitrogens with one attached hydrogen (secondary N) is 2. The van der Waals surface area contributed by atoms with Crippen LogP contribution in [-0.4, -0.2) is 15.0 Å². The minimum atomic E-state index is -3.53. The summed E-state index contributed by atoms with van der Waals surface area (Å²) in [7, 11) is -3.53. The quantitative estimate of drug-likeness (QED) is 0.700. The lowest BCUT2D eigenvalue weighted by molar-refractivity contribution is 0.601. The first-order valence-electron chi connectivity index (χ1n) is 6.07. The van der Waals surface area contributed by atoms with Crippen molar-refractivity contribution in [2.75, 3.05) is 11.3 Å². The SMILES string of the molecule is CCCNCc1cc(S(=O)(=O)Nc2ccsc2)c(Br)s1. The maximum Gasteiger partial charge on any atom is 0.263 e. The topological polar surface area (TPSA) is 58.2 Å². The highest BCUT2D eigenvalue weighted by Crippen LogP contribution is 2.33. The van der Waals surface area contributed by atoms with Crippen LogP contribution in [0.3, 0.4) is 0 Å². The van der Waals surface area contributed by atoms with Crippen molar-refractivity contribution in [2.24, 2.45) is 0 Å². The lowest BCUT2D eigenvalue weighted by Crippen LogP contribution is -2.13. The molecule has 2 heterocycles. The van der Waals surface area contributed by atoms with E-state index in [1.165, 1.54) is 22.7 Å². The molecule has 0 aliphatic rings. The number of thiophene rings is 2. The second-order valence-corrected chi connectivity index (χ2v) is 9.03. The van der Waals surface area contributed by atoms with Crippen molar-refractivity contribution in [1.82, 2.24) is 5.32 Å². The smallest absolute Gasteiger partial charge is 0.263 e. The van der Waals surface area contributed by atoms with Gasteiger partial charge in [0.25, 0.3) is 10.0 Å². The van der Waals surface area contributed by atoms with Gasteiger partial charge < -0.3 is 5.32 Å². The first kappa shape index (κ1) is 16.0. The van der Waals surface area contributed by atoms with Gasteiger partial charge in [0.1, 0.15) is 4.90 Å². The number of hydrogen-bond acceptors (Lipinski definition) is 5. The zero-order chi connectivity index (χ0) is 14.6. The molecule has 0 aliphatic heterocycles. The lowest BCUT2D eigenvalue weighted by atomic mass is 10.4. The number of rotatable bonds is 7. The van der Waals surface area contributed by atoms with E-state index in [2.05, 4.69) is 32.9 Å². The number of sulfonamides is 1. The summed E-state index contributed by atoms with van der Waals surface area (Å²) in [6.45, 7) is 3.70. The summed E-state index contributed by atoms with van der Waals surface area (Å²) in [5.74, 6) is 0. The molecule has 0 aliphatic carbocycles. The highest BCUT2D eigenvalue weighted by atomic mass is 79.9. The van der Waals surface area contributed by atoms with Crippen LogP contribution in [0.4, 0.5) is 5.69 Å². The van der Waals surface area contributed by atoms with Gasteiger partial charge in [-0.1, -0.05) is 6.92 Å². The summed E-state index contributed by atoms with van der Waals surface area (Å²) < 4.78 is 27.8. The molecule has 0 aromatic carbocycles. The van der Waals surface area contributed by atoms with Gasteiger partial charge in [-0.2, -0.15) is 11.3 Å². The zero-order valence-corrected chi connectivity index (χ0v) is 14.9. The predicted octanol–water partition coefficient (Wildman–Crippen LogP) is 3.87. The van der Waals surface area contributed by atoms with Crippen molar-refractivity contribution >= 4 is 54.3 Å². The van der Waals surface area contributed by atoms with Crippen LogP contribution in [0.5, 0.6) is 0 Å². The lowest BCUT2D eigenvalue weighted by Gasteiger charge is -2.04. The number of halogens is 1. The third-order valence-electron chi connectivity index (χ3n) is 2.50. The Bertz CT molecular complexity index is 650. The summed E-state index contributed by atoms with van der Waals surface area (Å²) in [6, 6.07) is 3.46. The summed E-state index contributed by atoms with van der Waals surface area (Å²) >= 11 is 6.23. The van der Waals surface area contributed by atoms with Crippen molar-refractivity contribution in [1.29, 1.82) is 0 Å². The monoisotopic (exact) mass is 394 g/mol. The Morgan fingerprint density at radius 1 is 1.40 bits per heavy atom. The molecular formula is C12H15BrN2O2S3. The van der Waals surface area contributed by atoms with Gasteiger partial charge >= 0.3 is 0 Å². The van der Waals surface area contributed by atoms with E-state index in [4.69, 9.17) is 0 Å². The molecule has 2 aromatic rings. The zero-order valence-electron chi connectivity index (χ0n) is 10.8. The summed E-state index contributed by atoms with van der Waals surface area (Å²) in [5, 5.41) is 6.86. The number of anilines is 1. The van der Waals surface area contributed by atoms with Crippen LogP contribution in [0.15, 0.2) is 31.6 Å². The van der Waals surface area contributed by atoms with E-state index >= 15 is 0 Å². The van der Waals surface area contributed by atoms with E-state index in [1.54, 1.807) is 17.5 Å². The molecule has 2 N–H and O–H groups in total. The van der Waals surface area contributed by atoms with Crippen molar-refractivity contribution in [2.45, 2.75) is 24.8 Å². The van der Waals surface area contributed by atoms with Crippen molar-refractivity contribution in [3.05, 3.63) is 31.6 Å². The van der Waals surface area contributed by atoms with Crippen LogP contribution in [0.1, 0.15) is 18.2 Å². The van der Waals surface area contributed by atoms with Crippen LogP contribution in [0.25, 0.3) is 0 Å². The molecule has 0 bridgehead atoms. The molecule has 8 heteroatoms. The van der Waals surface area contributed by atoms with E-state index in [0.29, 0.717) is 20.9 Å². The molecule has 0 unspecified atom stereocenters. The standard InChI is InChI=1S/C12H15BrN2O2S3/c1-2-4-14-7-10-6-11(12(13)19-10)20(16,17)15-9-3-5-18-8-9/h3,5-6,8,14-15H,2,4,7H2,1H3. The fraction of sp³-hybridized carbons (Fsp3) is 0.333. The minimum absolute atomic E-state index is 0.294. The Morgan fingerprint density at radius 2 is 2.20 bits per heavy atom. The minimum Gasteiger partial charge on any atom is -0.312 e. The van der Waals surface area contributed by atoms with Crippen LogP contribution >= 0.6 is 38.6 Å². The highest BCUT2D eigenvalue weighted by molar-refractivity contribution is 9.11. The number of hydrogen-bond donors (Lipinski definition) is 2. The third-order valence-corrected chi connectivity index (χ3v) is 6.81. The Balaban J connectivity index is 2.15. The van der Waals surface area contributed by atoms with Gasteiger partial charge in [0.15, 0.2) is 0 Å². The van der Waals surface area contributed by atoms with Crippen molar-refractivity contribution < 1.29 is 8.42 Å². The van der Waals surface area contributed by atoms with E-state index in [-0.39, 0.29) is 0 Å². The van der Waals surface area contributed by atoms with Crippen LogP contribution < -0.4 is 10.0 Å². The van der Waals surface area contributed by atoms with Crippen LogP contribution in [-0.2, 0) is 16.6 Å². The molecule has 0 radical (unpaired) electrons. The molecular weight excluding hydrogens is 380 g/mol. The van der Waals surface area contributed by atoms with Crippen molar-refractivity contribution in [3.63, 3.8) is 0 Å². The van der Waals surface area contributed by atoms with Gasteiger partial charge in [-0.15, -0.1) is 11.3 Å². The van der Waals surface area contributed by atoms with Gasteiger partial charge in [0.05, 0.1) is 9.47 Å². The molecule has 0 spiro atoms. The van der Waals surface area contributed by atoms with E-state index in [0.717, 1.165) is 17.8 Å². The molecule has 0 fully saturated rings. The maximum absolute atomic E-state index is 12.3. The molecule has 0 amide bonds. The predicted molar refractivity (Wildman–Crippen MR) is 89.1 cm³/mol. The van der Waals surface area contributed by atoms with Crippen molar-refractivity contribution in [3.8, 4) is 0 Å². The second kappa shape index (κ2) is 7.04. The van der Waals surface area contributed by atoms with Gasteiger partial charge in [-0.25, -0.2) is 8.42 Å². The first-order valence-corrected chi connectivity index (χ1v) is 10.1. The molecule has 110 valence electrons. The first-order chi connectivity index (χ1) is 9.53. The van der Waals surface area contributed by atoms with E-state index < -0.39 is 10.0 Å². The molecule has 0 atom stereocenters. The largest absolute Gasteiger partial charge is 0.312 e. The summed E-state index contributed by atoms with van der Waals surface area (Å²) in [6.07, 6.45) is 1.05. The fourth-order valence-corrected chi connectivity index (χ4v) is 5.95. The average Bonchev–Trinajstić information content (AvgIpc) is 2.99. The molecule has 2 aromatic heterocycles. The summed E-state index contributed by atoms with van der Waals surface area (Å²) in [4.78, 5) is 1.29. The normalized spacial score (nSPS) is 11.7. The van der Waals surface area contributed by atoms with Gasteiger partial charge in [-0.05, 0) is 46.4 Å². The molecule has 20 heavy (non-hydrogen) atoms. The second-order valence-electron chi connectivity index (χ2n) is 4.14. The van der Waals surface area contributed by atoms with Gasteiger partial charge in [-0.3, -0.25) is 4.72 Å². The summed E-state index contributed by atoms with van der Waals surface area (Å²) in [5.41, 5.74) is 0.596. The Labute approximate surface area is 135 Å². The third kappa shape index (κ3) is 4.05. The van der Waals surface area contributed by atoms with E-state index in [9.17, 15) is 8.42 Å². The van der Waals surface area contributed by atoms with Crippen LogP contribution in [0.2, 0.25) is 0 Å².